The van der Waals surface area contributed by atoms with Gasteiger partial charge in [-0.15, -0.1) is 0 Å². The fourth-order valence-corrected chi connectivity index (χ4v) is 1.79. The first-order valence-corrected chi connectivity index (χ1v) is 6.65. The highest BCUT2D eigenvalue weighted by Crippen LogP contribution is 2.29. The fraction of sp³-hybridized carbons (Fsp3) is 0.429. The van der Waals surface area contributed by atoms with Crippen molar-refractivity contribution in [2.45, 2.75) is 38.9 Å². The molecule has 1 atom stereocenters. The van der Waals surface area contributed by atoms with Crippen molar-refractivity contribution < 1.29 is 24.5 Å². The molecule has 0 radical (unpaired) electrons. The van der Waals surface area contributed by atoms with Crippen LogP contribution in [0.3, 0.4) is 0 Å². The van der Waals surface area contributed by atoms with Gasteiger partial charge in [0.15, 0.2) is 0 Å². The van der Waals surface area contributed by atoms with E-state index >= 15 is 0 Å². The first kappa shape index (κ1) is 17.3. The van der Waals surface area contributed by atoms with Crippen molar-refractivity contribution in [3.05, 3.63) is 28.8 Å². The normalized spacial score (nSPS) is 12.6. The molecule has 0 aliphatic rings. The van der Waals surface area contributed by atoms with E-state index in [2.05, 4.69) is 5.32 Å². The Labute approximate surface area is 127 Å². The van der Waals surface area contributed by atoms with E-state index in [0.29, 0.717) is 5.02 Å². The van der Waals surface area contributed by atoms with Crippen LogP contribution in [-0.2, 0) is 9.53 Å². The summed E-state index contributed by atoms with van der Waals surface area (Å²) < 4.78 is 5.11. The number of amides is 1. The van der Waals surface area contributed by atoms with Gasteiger partial charge in [-0.25, -0.2) is 4.79 Å². The molecule has 1 aromatic rings. The number of rotatable bonds is 4. The first-order valence-electron chi connectivity index (χ1n) is 6.28. The molecule has 7 heteroatoms. The van der Waals surface area contributed by atoms with E-state index < -0.39 is 30.2 Å². The largest absolute Gasteiger partial charge is 0.481 e. The smallest absolute Gasteiger partial charge is 0.412 e. The van der Waals surface area contributed by atoms with Gasteiger partial charge in [0.05, 0.1) is 12.5 Å². The van der Waals surface area contributed by atoms with Gasteiger partial charge in [0.1, 0.15) is 5.60 Å². The highest BCUT2D eigenvalue weighted by molar-refractivity contribution is 6.30. The number of carboxylic acid groups (broad SMARTS) is 1. The molecule has 0 unspecified atom stereocenters. The third-order valence-electron chi connectivity index (χ3n) is 2.38. The van der Waals surface area contributed by atoms with E-state index in [4.69, 9.17) is 21.4 Å². The van der Waals surface area contributed by atoms with Crippen LogP contribution in [0.5, 0.6) is 0 Å². The third kappa shape index (κ3) is 6.01. The predicted octanol–water partition coefficient (Wildman–Crippen LogP) is 3.20. The minimum atomic E-state index is -1.29. The van der Waals surface area contributed by atoms with Crippen LogP contribution in [0.4, 0.5) is 10.5 Å². The quantitative estimate of drug-likeness (QED) is 0.793. The molecule has 0 bridgehead atoms. The van der Waals surface area contributed by atoms with Crippen molar-refractivity contribution in [2.75, 3.05) is 5.32 Å². The number of carbonyl (C=O) groups excluding carboxylic acids is 1. The molecule has 0 aliphatic heterocycles. The number of benzene rings is 1. The molecular formula is C14H18ClNO5. The van der Waals surface area contributed by atoms with Crippen molar-refractivity contribution >= 4 is 29.4 Å². The van der Waals surface area contributed by atoms with E-state index in [9.17, 15) is 14.7 Å². The number of nitrogens with one attached hydrogen (secondary N) is 1. The number of anilines is 1. The number of aliphatic carboxylic acids is 1. The maximum absolute atomic E-state index is 11.7. The molecule has 1 amide bonds. The van der Waals surface area contributed by atoms with Crippen molar-refractivity contribution in [2.24, 2.45) is 0 Å². The molecule has 0 saturated carbocycles. The maximum atomic E-state index is 11.7. The molecule has 6 nitrogen and oxygen atoms in total. The second kappa shape index (κ2) is 6.78. The topological polar surface area (TPSA) is 95.9 Å². The van der Waals surface area contributed by atoms with E-state index in [1.165, 1.54) is 18.2 Å². The van der Waals surface area contributed by atoms with E-state index in [1.807, 2.05) is 0 Å². The number of halogens is 1. The summed E-state index contributed by atoms with van der Waals surface area (Å²) in [5.41, 5.74) is -0.200. The van der Waals surface area contributed by atoms with Gasteiger partial charge in [-0.05, 0) is 39.0 Å². The van der Waals surface area contributed by atoms with Crippen molar-refractivity contribution in [1.29, 1.82) is 0 Å². The molecule has 1 rings (SSSR count). The van der Waals surface area contributed by atoms with Gasteiger partial charge in [0, 0.05) is 16.3 Å². The number of hydrogen-bond donors (Lipinski definition) is 3. The summed E-state index contributed by atoms with van der Waals surface area (Å²) in [4.78, 5) is 22.4. The molecule has 3 N–H and O–H groups in total. The van der Waals surface area contributed by atoms with Gasteiger partial charge in [-0.1, -0.05) is 11.6 Å². The lowest BCUT2D eigenvalue weighted by atomic mass is 10.0. The number of carbonyl (C=O) groups is 2. The van der Waals surface area contributed by atoms with Gasteiger partial charge >= 0.3 is 12.1 Å². The van der Waals surface area contributed by atoms with Crippen molar-refractivity contribution in [3.63, 3.8) is 0 Å². The molecule has 116 valence electrons. The third-order valence-corrected chi connectivity index (χ3v) is 2.61. The summed E-state index contributed by atoms with van der Waals surface area (Å²) in [7, 11) is 0. The Morgan fingerprint density at radius 1 is 1.38 bits per heavy atom. The summed E-state index contributed by atoms with van der Waals surface area (Å²) in [5, 5.41) is 21.4. The molecule has 21 heavy (non-hydrogen) atoms. The van der Waals surface area contributed by atoms with Gasteiger partial charge < -0.3 is 14.9 Å². The second-order valence-electron chi connectivity index (χ2n) is 5.47. The van der Waals surface area contributed by atoms with E-state index in [1.54, 1.807) is 20.8 Å². The zero-order valence-corrected chi connectivity index (χ0v) is 12.8. The average molecular weight is 316 g/mol. The van der Waals surface area contributed by atoms with Gasteiger partial charge in [-0.3, -0.25) is 10.1 Å². The minimum Gasteiger partial charge on any atom is -0.481 e. The summed E-state index contributed by atoms with van der Waals surface area (Å²) >= 11 is 5.84. The lowest BCUT2D eigenvalue weighted by molar-refractivity contribution is -0.139. The average Bonchev–Trinajstić information content (AvgIpc) is 2.27. The highest BCUT2D eigenvalue weighted by atomic mass is 35.5. The number of aliphatic hydroxyl groups excluding tert-OH is 1. The number of aliphatic hydroxyl groups is 1. The summed E-state index contributed by atoms with van der Waals surface area (Å²) in [6, 6.07) is 4.40. The summed E-state index contributed by atoms with van der Waals surface area (Å²) in [6.45, 7) is 5.15. The Balaban J connectivity index is 2.96. The molecular weight excluding hydrogens is 298 g/mol. The minimum absolute atomic E-state index is 0.218. The molecule has 0 fully saturated rings. The van der Waals surface area contributed by atoms with Crippen LogP contribution >= 0.6 is 11.6 Å². The Morgan fingerprint density at radius 2 is 2.00 bits per heavy atom. The zero-order chi connectivity index (χ0) is 16.2. The van der Waals surface area contributed by atoms with E-state index in [0.717, 1.165) is 0 Å². The number of hydrogen-bond acceptors (Lipinski definition) is 4. The van der Waals surface area contributed by atoms with Gasteiger partial charge in [0.25, 0.3) is 0 Å². The summed E-state index contributed by atoms with van der Waals surface area (Å²) in [5.74, 6) is -1.16. The van der Waals surface area contributed by atoms with Crippen molar-refractivity contribution in [3.8, 4) is 0 Å². The Morgan fingerprint density at radius 3 is 2.52 bits per heavy atom. The maximum Gasteiger partial charge on any atom is 0.412 e. The van der Waals surface area contributed by atoms with Gasteiger partial charge in [0.2, 0.25) is 0 Å². The SMILES string of the molecule is CC(C)(C)OC(=O)Nc1ccc(Cl)cc1[C@@H](O)CC(=O)O. The van der Waals surface area contributed by atoms with Crippen LogP contribution in [-0.4, -0.2) is 27.9 Å². The molecule has 0 aromatic heterocycles. The first-order chi connectivity index (χ1) is 9.58. The van der Waals surface area contributed by atoms with E-state index in [-0.39, 0.29) is 11.3 Å². The van der Waals surface area contributed by atoms with Crippen LogP contribution in [0.1, 0.15) is 38.9 Å². The standard InChI is InChI=1S/C14H18ClNO5/c1-14(2,3)21-13(20)16-10-5-4-8(15)6-9(10)11(17)7-12(18)19/h4-6,11,17H,7H2,1-3H3,(H,16,20)(H,18,19)/t11-/m0/s1. The Bertz CT molecular complexity index is 539. The number of carboxylic acids is 1. The fourth-order valence-electron chi connectivity index (χ4n) is 1.61. The van der Waals surface area contributed by atoms with Crippen molar-refractivity contribution in [1.82, 2.24) is 0 Å². The summed E-state index contributed by atoms with van der Waals surface area (Å²) in [6.07, 6.45) is -2.48. The molecule has 0 spiro atoms. The molecule has 1 aromatic carbocycles. The molecule has 0 aliphatic carbocycles. The Kier molecular flexibility index (Phi) is 5.57. The van der Waals surface area contributed by atoms with Gasteiger partial charge in [-0.2, -0.15) is 0 Å². The monoisotopic (exact) mass is 315 g/mol. The second-order valence-corrected chi connectivity index (χ2v) is 5.91. The number of ether oxygens (including phenoxy) is 1. The lowest BCUT2D eigenvalue weighted by Crippen LogP contribution is -2.27. The van der Waals surface area contributed by atoms with Crippen LogP contribution in [0.25, 0.3) is 0 Å². The molecule has 0 saturated heterocycles. The lowest BCUT2D eigenvalue weighted by Gasteiger charge is -2.21. The predicted molar refractivity (Wildman–Crippen MR) is 78.5 cm³/mol. The van der Waals surface area contributed by atoms with Crippen LogP contribution in [0, 0.1) is 0 Å². The zero-order valence-electron chi connectivity index (χ0n) is 12.0. The van der Waals surface area contributed by atoms with Crippen LogP contribution in [0.15, 0.2) is 18.2 Å². The highest BCUT2D eigenvalue weighted by Gasteiger charge is 2.20. The van der Waals surface area contributed by atoms with Crippen LogP contribution in [0.2, 0.25) is 5.02 Å². The Hall–Kier alpha value is -1.79. The van der Waals surface area contributed by atoms with Crippen LogP contribution < -0.4 is 5.32 Å². The molecule has 0 heterocycles.